The van der Waals surface area contributed by atoms with Crippen LogP contribution in [0.3, 0.4) is 0 Å². The Morgan fingerprint density at radius 2 is 2.41 bits per heavy atom. The molecule has 0 aromatic carbocycles. The van der Waals surface area contributed by atoms with Gasteiger partial charge in [-0.1, -0.05) is 5.11 Å². The predicted octanol–water partition coefficient (Wildman–Crippen LogP) is -0.154. The van der Waals surface area contributed by atoms with Crippen LogP contribution >= 0.6 is 8.25 Å². The molecule has 118 valence electrons. The van der Waals surface area contributed by atoms with Crippen molar-refractivity contribution in [2.24, 2.45) is 5.11 Å². The minimum Gasteiger partial charge on any atom is -0.566 e. The molecule has 1 aromatic rings. The van der Waals surface area contributed by atoms with E-state index in [1.54, 1.807) is 0 Å². The van der Waals surface area contributed by atoms with E-state index >= 15 is 0 Å². The highest BCUT2D eigenvalue weighted by Gasteiger charge is 2.37. The second-order valence-corrected chi connectivity index (χ2v) is 5.34. The maximum Gasteiger partial charge on any atom is 0.488 e. The fraction of sp³-hybridized carbons (Fsp3) is 0.600. The summed E-state index contributed by atoms with van der Waals surface area (Å²) in [4.78, 5) is 38.4. The lowest BCUT2D eigenvalue weighted by Crippen LogP contribution is -2.33. The molecule has 0 radical (unpaired) electrons. The molecule has 1 unspecified atom stereocenters. The van der Waals surface area contributed by atoms with Gasteiger partial charge in [0.15, 0.2) is 0 Å². The van der Waals surface area contributed by atoms with E-state index in [4.69, 9.17) is 10.3 Å². The van der Waals surface area contributed by atoms with Gasteiger partial charge in [-0.15, -0.1) is 4.52 Å². The molecule has 1 N–H and O–H groups in total. The van der Waals surface area contributed by atoms with Crippen LogP contribution in [0.1, 0.15) is 18.2 Å². The number of hydrogen-bond acceptors (Lipinski definition) is 7. The summed E-state index contributed by atoms with van der Waals surface area (Å²) in [5.74, 6) is 0. The Balaban J connectivity index is 2.25. The van der Waals surface area contributed by atoms with Crippen LogP contribution < -0.4 is 16.1 Å². The van der Waals surface area contributed by atoms with Crippen molar-refractivity contribution in [1.29, 1.82) is 0 Å². The molecule has 22 heavy (non-hydrogen) atoms. The van der Waals surface area contributed by atoms with Gasteiger partial charge in [0, 0.05) is 23.1 Å². The monoisotopic (exact) mass is 329 g/mol. The summed E-state index contributed by atoms with van der Waals surface area (Å²) in [6, 6.07) is -0.691. The van der Waals surface area contributed by atoms with Gasteiger partial charge in [0.05, 0.1) is 12.1 Å². The van der Waals surface area contributed by atoms with Crippen LogP contribution in [0.4, 0.5) is 0 Å². The van der Waals surface area contributed by atoms with Gasteiger partial charge < -0.3 is 9.63 Å². The fourth-order valence-corrected chi connectivity index (χ4v) is 2.43. The van der Waals surface area contributed by atoms with Crippen molar-refractivity contribution >= 4 is 8.25 Å². The van der Waals surface area contributed by atoms with E-state index < -0.39 is 37.9 Å². The Bertz CT molecular complexity index is 738. The van der Waals surface area contributed by atoms with Crippen LogP contribution in [0.2, 0.25) is 0 Å². The molecule has 1 aromatic heterocycles. The number of aromatic nitrogens is 2. The van der Waals surface area contributed by atoms with Crippen LogP contribution in [-0.4, -0.2) is 28.3 Å². The third-order valence-electron chi connectivity index (χ3n) is 3.20. The van der Waals surface area contributed by atoms with Crippen molar-refractivity contribution in [2.75, 3.05) is 6.61 Å². The van der Waals surface area contributed by atoms with Gasteiger partial charge in [-0.3, -0.25) is 14.3 Å². The average molecular weight is 329 g/mol. The second-order valence-electron chi connectivity index (χ2n) is 4.64. The van der Waals surface area contributed by atoms with Crippen molar-refractivity contribution in [1.82, 2.24) is 9.55 Å². The van der Waals surface area contributed by atoms with Gasteiger partial charge in [-0.25, -0.2) is 4.79 Å². The van der Waals surface area contributed by atoms with E-state index in [1.807, 2.05) is 0 Å². The summed E-state index contributed by atoms with van der Waals surface area (Å²) in [7, 11) is -3.06. The normalized spacial score (nSPS) is 24.8. The first-order valence-electron chi connectivity index (χ1n) is 6.21. The van der Waals surface area contributed by atoms with Gasteiger partial charge in [0.1, 0.15) is 12.8 Å². The minimum atomic E-state index is -3.06. The summed E-state index contributed by atoms with van der Waals surface area (Å²) in [6.45, 7) is 1.20. The van der Waals surface area contributed by atoms with Gasteiger partial charge in [0.2, 0.25) is 0 Å². The molecule has 0 aliphatic carbocycles. The zero-order valence-corrected chi connectivity index (χ0v) is 12.3. The molecule has 11 nitrogen and oxygen atoms in total. The Hall–Kier alpha value is -2.03. The third-order valence-corrected chi connectivity index (χ3v) is 3.56. The molecular formula is C10H12N5O6P. The van der Waals surface area contributed by atoms with E-state index in [0.717, 1.165) is 4.57 Å². The number of aromatic amines is 1. The summed E-state index contributed by atoms with van der Waals surface area (Å²) in [6.07, 6.45) is -0.125. The molecule has 1 aliphatic rings. The molecule has 0 bridgehead atoms. The number of nitrogens with one attached hydrogen (secondary N) is 1. The van der Waals surface area contributed by atoms with Crippen molar-refractivity contribution in [3.63, 3.8) is 0 Å². The van der Waals surface area contributed by atoms with Gasteiger partial charge in [0.25, 0.3) is 5.56 Å². The molecular weight excluding hydrogens is 317 g/mol. The van der Waals surface area contributed by atoms with E-state index in [-0.39, 0.29) is 13.0 Å². The number of rotatable bonds is 5. The van der Waals surface area contributed by atoms with Crippen molar-refractivity contribution in [3.8, 4) is 0 Å². The molecule has 0 spiro atoms. The smallest absolute Gasteiger partial charge is 0.488 e. The van der Waals surface area contributed by atoms with Crippen LogP contribution in [0.15, 0.2) is 20.9 Å². The van der Waals surface area contributed by atoms with E-state index in [1.165, 1.54) is 13.1 Å². The minimum absolute atomic E-state index is 0.152. The van der Waals surface area contributed by atoms with E-state index in [9.17, 15) is 19.0 Å². The number of ether oxygens (including phenoxy) is 1. The van der Waals surface area contributed by atoms with Crippen LogP contribution in [0.5, 0.6) is 0 Å². The molecule has 0 amide bonds. The summed E-state index contributed by atoms with van der Waals surface area (Å²) in [5.41, 5.74) is 7.68. The number of H-pyrrole nitrogens is 1. The molecule has 2 rings (SSSR count). The average Bonchev–Trinajstić information content (AvgIpc) is 2.84. The highest BCUT2D eigenvalue weighted by atomic mass is 31.1. The van der Waals surface area contributed by atoms with E-state index in [0.29, 0.717) is 5.56 Å². The lowest BCUT2D eigenvalue weighted by atomic mass is 10.1. The summed E-state index contributed by atoms with van der Waals surface area (Å²) < 4.78 is 21.6. The zero-order chi connectivity index (χ0) is 16.3. The molecule has 2 heterocycles. The Morgan fingerprint density at radius 3 is 3.05 bits per heavy atom. The van der Waals surface area contributed by atoms with Crippen LogP contribution in [0.25, 0.3) is 10.4 Å². The molecule has 1 aliphatic heterocycles. The van der Waals surface area contributed by atoms with Crippen LogP contribution in [-0.2, 0) is 13.8 Å². The second kappa shape index (κ2) is 6.82. The molecule has 12 heteroatoms. The first kappa shape index (κ1) is 16.3. The standard InChI is InChI=1S/C10H12N5O6P/c1-5-3-15(10(17)12-9(5)16)8-2-6(13-14-11)7(21-8)4-20-22(18)19/h3,6-8H,2,4H2,1H3,(H,12,16,17)/t6-,7+,8+/m0/s1. The van der Waals surface area contributed by atoms with Gasteiger partial charge in [-0.05, 0) is 17.0 Å². The maximum absolute atomic E-state index is 11.8. The zero-order valence-electron chi connectivity index (χ0n) is 11.4. The van der Waals surface area contributed by atoms with Gasteiger partial charge in [-0.2, -0.15) is 0 Å². The first-order valence-corrected chi connectivity index (χ1v) is 7.31. The highest BCUT2D eigenvalue weighted by molar-refractivity contribution is 7.30. The number of aryl methyl sites for hydroxylation is 1. The van der Waals surface area contributed by atoms with E-state index in [2.05, 4.69) is 19.5 Å². The summed E-state index contributed by atoms with van der Waals surface area (Å²) in [5, 5.41) is 3.52. The van der Waals surface area contributed by atoms with Crippen molar-refractivity contribution < 1.29 is 18.7 Å². The largest absolute Gasteiger partial charge is 0.566 e. The first-order chi connectivity index (χ1) is 10.4. The van der Waals surface area contributed by atoms with Crippen LogP contribution in [0, 0.1) is 6.92 Å². The third kappa shape index (κ3) is 3.59. The number of nitrogens with zero attached hydrogens (tertiary/aromatic N) is 4. The number of hydrogen-bond donors (Lipinski definition) is 1. The SMILES string of the molecule is Cc1cn([C@H]2C[C@H](N=[N+]=[N-])[C@@H](CO[P+](=O)[O-])O2)c(=O)[nH]c1=O. The van der Waals surface area contributed by atoms with Crippen molar-refractivity contribution in [3.05, 3.63) is 43.0 Å². The molecule has 1 fully saturated rings. The summed E-state index contributed by atoms with van der Waals surface area (Å²) >= 11 is 0. The molecule has 4 atom stereocenters. The Morgan fingerprint density at radius 1 is 1.68 bits per heavy atom. The lowest BCUT2D eigenvalue weighted by molar-refractivity contribution is -0.188. The fourth-order valence-electron chi connectivity index (χ4n) is 2.16. The Labute approximate surface area is 124 Å². The van der Waals surface area contributed by atoms with Crippen molar-refractivity contribution in [2.45, 2.75) is 31.7 Å². The predicted molar refractivity (Wildman–Crippen MR) is 71.1 cm³/mol. The quantitative estimate of drug-likeness (QED) is 0.341. The maximum atomic E-state index is 11.8. The molecule has 1 saturated heterocycles. The lowest BCUT2D eigenvalue weighted by Gasteiger charge is -2.15. The number of azide groups is 1. The molecule has 0 saturated carbocycles. The topological polar surface area (TPSA) is 162 Å². The highest BCUT2D eigenvalue weighted by Crippen LogP contribution is 2.31. The van der Waals surface area contributed by atoms with Gasteiger partial charge >= 0.3 is 13.9 Å². The Kier molecular flexibility index (Phi) is 5.07.